The summed E-state index contributed by atoms with van der Waals surface area (Å²) in [6.45, 7) is 6.89. The van der Waals surface area contributed by atoms with E-state index in [9.17, 15) is 19.6 Å². The number of hydrogen-bond donors (Lipinski definition) is 3. The number of likely N-dealkylation sites (tertiary alicyclic amines) is 1. The van der Waals surface area contributed by atoms with Crippen molar-refractivity contribution in [2.75, 3.05) is 39.1 Å². The molecule has 1 aliphatic rings. The van der Waals surface area contributed by atoms with Gasteiger partial charge in [0, 0.05) is 46.0 Å². The first kappa shape index (κ1) is 28.5. The molecule has 0 unspecified atom stereocenters. The number of nitriles is 1. The summed E-state index contributed by atoms with van der Waals surface area (Å²) >= 11 is 1.25. The summed E-state index contributed by atoms with van der Waals surface area (Å²) < 4.78 is 13.4. The molecule has 0 radical (unpaired) electrons. The summed E-state index contributed by atoms with van der Waals surface area (Å²) in [5.74, 6) is -0.0889. The number of benzene rings is 1. The normalized spacial score (nSPS) is 14.8. The number of hydrazine groups is 1. The van der Waals surface area contributed by atoms with Gasteiger partial charge in [0.1, 0.15) is 28.3 Å². The van der Waals surface area contributed by atoms with Crippen LogP contribution >= 0.6 is 11.3 Å². The minimum atomic E-state index is -0.763. The number of aliphatic carboxylic acids is 1. The number of thiazole rings is 1. The number of allylic oxidation sites excluding steroid dienone is 1. The fourth-order valence-electron chi connectivity index (χ4n) is 4.29. The molecule has 1 aliphatic heterocycles. The van der Waals surface area contributed by atoms with Gasteiger partial charge < -0.3 is 20.2 Å². The van der Waals surface area contributed by atoms with Gasteiger partial charge in [0.2, 0.25) is 5.96 Å². The van der Waals surface area contributed by atoms with Crippen molar-refractivity contribution in [3.8, 4) is 17.3 Å². The van der Waals surface area contributed by atoms with E-state index in [2.05, 4.69) is 28.4 Å². The third-order valence-corrected chi connectivity index (χ3v) is 7.31. The predicted octanol–water partition coefficient (Wildman–Crippen LogP) is 3.79. The van der Waals surface area contributed by atoms with Gasteiger partial charge in [0.05, 0.1) is 11.6 Å². The van der Waals surface area contributed by atoms with Crippen LogP contribution in [0.4, 0.5) is 9.52 Å². The largest absolute Gasteiger partial charge is 0.481 e. The zero-order chi connectivity index (χ0) is 27.8. The summed E-state index contributed by atoms with van der Waals surface area (Å²) in [5, 5.41) is 24.6. The van der Waals surface area contributed by atoms with E-state index in [1.165, 1.54) is 29.7 Å². The van der Waals surface area contributed by atoms with E-state index in [1.807, 2.05) is 30.8 Å². The number of piperidine rings is 1. The number of nitrogens with one attached hydrogen (secondary N) is 2. The number of rotatable bonds is 9. The minimum Gasteiger partial charge on any atom is -0.481 e. The lowest BCUT2D eigenvalue weighted by Gasteiger charge is -2.37. The fraction of sp³-hybridized carbons (Fsp3) is 0.385. The molecule has 0 spiro atoms. The van der Waals surface area contributed by atoms with E-state index in [-0.39, 0.29) is 11.7 Å². The van der Waals surface area contributed by atoms with Gasteiger partial charge in [-0.2, -0.15) is 5.26 Å². The molecule has 1 aromatic heterocycles. The molecular formula is C26H33FN8O2S. The second kappa shape index (κ2) is 12.9. The Kier molecular flexibility index (Phi) is 9.67. The maximum absolute atomic E-state index is 13.4. The van der Waals surface area contributed by atoms with Crippen molar-refractivity contribution in [3.63, 3.8) is 0 Å². The highest BCUT2D eigenvalue weighted by molar-refractivity contribution is 7.16. The third-order valence-electron chi connectivity index (χ3n) is 6.27. The van der Waals surface area contributed by atoms with E-state index >= 15 is 0 Å². The van der Waals surface area contributed by atoms with Gasteiger partial charge in [0.15, 0.2) is 5.13 Å². The highest BCUT2D eigenvalue weighted by Crippen LogP contribution is 2.33. The number of aliphatic imine (C=N–C) groups is 1. The summed E-state index contributed by atoms with van der Waals surface area (Å²) in [5.41, 5.74) is 5.41. The van der Waals surface area contributed by atoms with E-state index in [0.29, 0.717) is 59.6 Å². The lowest BCUT2D eigenvalue weighted by molar-refractivity contribution is -0.143. The zero-order valence-electron chi connectivity index (χ0n) is 22.0. The Morgan fingerprint density at radius 1 is 1.37 bits per heavy atom. The van der Waals surface area contributed by atoms with Crippen LogP contribution in [0.25, 0.3) is 11.3 Å². The van der Waals surface area contributed by atoms with Crippen LogP contribution in [-0.4, -0.2) is 66.2 Å². The second-order valence-electron chi connectivity index (χ2n) is 8.66. The fourth-order valence-corrected chi connectivity index (χ4v) is 5.14. The maximum Gasteiger partial charge on any atom is 0.306 e. The number of anilines is 1. The van der Waals surface area contributed by atoms with Crippen LogP contribution in [-0.2, 0) is 4.79 Å². The Balaban J connectivity index is 1.86. The summed E-state index contributed by atoms with van der Waals surface area (Å²) in [7, 11) is 5.50. The van der Waals surface area contributed by atoms with Gasteiger partial charge in [0.25, 0.3) is 0 Å². The summed E-state index contributed by atoms with van der Waals surface area (Å²) in [6, 6.07) is 8.11. The lowest BCUT2D eigenvalue weighted by atomic mass is 9.97. The molecule has 10 nitrogen and oxygen atoms in total. The van der Waals surface area contributed by atoms with Crippen molar-refractivity contribution >= 4 is 28.4 Å². The topological polar surface area (TPSA) is 120 Å². The predicted molar refractivity (Wildman–Crippen MR) is 147 cm³/mol. The van der Waals surface area contributed by atoms with Crippen molar-refractivity contribution in [1.29, 1.82) is 5.26 Å². The van der Waals surface area contributed by atoms with E-state index in [4.69, 9.17) is 4.98 Å². The van der Waals surface area contributed by atoms with Crippen molar-refractivity contribution in [2.45, 2.75) is 26.2 Å². The molecule has 2 aromatic rings. The smallest absolute Gasteiger partial charge is 0.306 e. The molecule has 0 aliphatic carbocycles. The molecule has 0 saturated carbocycles. The standard InChI is InChI=1S/C26H33FN8O2S/c1-6-20(32-34(5)25(30-7-2)35-14-12-18(13-15-35)24(36)37)23(29-3)33(4)26-31-22(21(16-28)38-26)17-8-10-19(27)11-9-17/h7-11,18,29,32H,2,6,12-15H2,1,3-5H3,(H,36,37)/b23-20+,30-25+. The average Bonchev–Trinajstić information content (AvgIpc) is 3.36. The van der Waals surface area contributed by atoms with Gasteiger partial charge in [-0.15, -0.1) is 0 Å². The van der Waals surface area contributed by atoms with Crippen molar-refractivity contribution in [1.82, 2.24) is 25.6 Å². The SMILES string of the molecule is C=C/N=C(/N1CCC(C(=O)O)CC1)N(C)N/C(CC)=C(\NC)N(C)c1nc(-c2ccc(F)cc2)c(C#N)s1. The first-order valence-electron chi connectivity index (χ1n) is 12.2. The molecule has 2 heterocycles. The molecule has 202 valence electrons. The quantitative estimate of drug-likeness (QED) is 0.248. The summed E-state index contributed by atoms with van der Waals surface area (Å²) in [6.07, 6.45) is 3.19. The number of halogens is 1. The molecular weight excluding hydrogens is 507 g/mol. The molecule has 3 rings (SSSR count). The average molecular weight is 541 g/mol. The molecule has 12 heteroatoms. The van der Waals surface area contributed by atoms with Gasteiger partial charge >= 0.3 is 5.97 Å². The molecule has 1 aromatic carbocycles. The molecule has 38 heavy (non-hydrogen) atoms. The lowest BCUT2D eigenvalue weighted by Crippen LogP contribution is -2.52. The molecule has 1 fully saturated rings. The molecule has 1 saturated heterocycles. The Morgan fingerprint density at radius 2 is 2.03 bits per heavy atom. The van der Waals surface area contributed by atoms with Crippen LogP contribution in [0.1, 0.15) is 31.1 Å². The van der Waals surface area contributed by atoms with Crippen LogP contribution < -0.4 is 15.6 Å². The monoisotopic (exact) mass is 540 g/mol. The first-order valence-corrected chi connectivity index (χ1v) is 13.0. The van der Waals surface area contributed by atoms with Crippen LogP contribution in [0.15, 0.2) is 53.6 Å². The van der Waals surface area contributed by atoms with Gasteiger partial charge in [-0.1, -0.05) is 24.8 Å². The Morgan fingerprint density at radius 3 is 2.55 bits per heavy atom. The number of nitrogens with zero attached hydrogens (tertiary/aromatic N) is 6. The molecule has 3 N–H and O–H groups in total. The number of carbonyl (C=O) groups is 1. The molecule has 0 bridgehead atoms. The highest BCUT2D eigenvalue weighted by atomic mass is 32.1. The van der Waals surface area contributed by atoms with E-state index in [1.54, 1.807) is 24.2 Å². The number of carboxylic acids is 1. The second-order valence-corrected chi connectivity index (χ2v) is 9.64. The van der Waals surface area contributed by atoms with Crippen molar-refractivity contribution in [3.05, 3.63) is 59.3 Å². The van der Waals surface area contributed by atoms with Crippen molar-refractivity contribution in [2.24, 2.45) is 10.9 Å². The van der Waals surface area contributed by atoms with Gasteiger partial charge in [-0.3, -0.25) is 15.2 Å². The zero-order valence-corrected chi connectivity index (χ0v) is 22.8. The Labute approximate surface area is 226 Å². The number of hydrogen-bond acceptors (Lipinski definition) is 8. The number of aromatic nitrogens is 1. The van der Waals surface area contributed by atoms with Crippen LogP contribution in [0.5, 0.6) is 0 Å². The number of carboxylic acid groups (broad SMARTS) is 1. The van der Waals surface area contributed by atoms with Crippen LogP contribution in [0.2, 0.25) is 0 Å². The first-order chi connectivity index (χ1) is 18.2. The Bertz CT molecular complexity index is 1240. The van der Waals surface area contributed by atoms with Gasteiger partial charge in [-0.05, 0) is 43.5 Å². The number of guanidine groups is 1. The highest BCUT2D eigenvalue weighted by Gasteiger charge is 2.28. The van der Waals surface area contributed by atoms with Crippen LogP contribution in [0, 0.1) is 23.1 Å². The van der Waals surface area contributed by atoms with E-state index < -0.39 is 5.97 Å². The maximum atomic E-state index is 13.4. The Hall–Kier alpha value is -4.11. The summed E-state index contributed by atoms with van der Waals surface area (Å²) in [4.78, 5) is 24.8. The minimum absolute atomic E-state index is 0.346. The van der Waals surface area contributed by atoms with Crippen LogP contribution in [0.3, 0.4) is 0 Å². The third kappa shape index (κ3) is 6.41. The van der Waals surface area contributed by atoms with E-state index in [0.717, 1.165) is 11.5 Å². The molecule has 0 amide bonds. The van der Waals surface area contributed by atoms with Crippen molar-refractivity contribution < 1.29 is 14.3 Å². The molecule has 0 atom stereocenters. The van der Waals surface area contributed by atoms with Gasteiger partial charge in [-0.25, -0.2) is 14.4 Å².